The van der Waals surface area contributed by atoms with Crippen LogP contribution in [0.3, 0.4) is 0 Å². The topological polar surface area (TPSA) is 135 Å². The Morgan fingerprint density at radius 1 is 0.872 bits per heavy atom. The molecule has 13 heteroatoms. The zero-order valence-electron chi connectivity index (χ0n) is 20.9. The van der Waals surface area contributed by atoms with Crippen LogP contribution >= 0.6 is 0 Å². The SMILES string of the molecule is COc1cccc(-n2c(=O)n(Cc3c(F)cccc3S(C)(=O)=O)c(=O)n(CC(N)c3ccccc3)c2=O)c1F. The van der Waals surface area contributed by atoms with Crippen LogP contribution < -0.4 is 27.5 Å². The van der Waals surface area contributed by atoms with Gasteiger partial charge in [0.15, 0.2) is 21.4 Å². The van der Waals surface area contributed by atoms with Crippen molar-refractivity contribution in [1.29, 1.82) is 0 Å². The molecule has 2 N–H and O–H groups in total. The van der Waals surface area contributed by atoms with E-state index < -0.39 is 73.8 Å². The van der Waals surface area contributed by atoms with Gasteiger partial charge in [0.1, 0.15) is 5.82 Å². The molecule has 0 aliphatic carbocycles. The zero-order valence-corrected chi connectivity index (χ0v) is 21.7. The molecule has 1 heterocycles. The largest absolute Gasteiger partial charge is 0.494 e. The van der Waals surface area contributed by atoms with Crippen molar-refractivity contribution in [3.05, 3.63) is 121 Å². The van der Waals surface area contributed by atoms with E-state index in [-0.39, 0.29) is 5.75 Å². The van der Waals surface area contributed by atoms with E-state index in [0.717, 1.165) is 24.5 Å². The molecule has 3 aromatic carbocycles. The molecule has 0 fully saturated rings. The van der Waals surface area contributed by atoms with Gasteiger partial charge in [-0.1, -0.05) is 42.5 Å². The van der Waals surface area contributed by atoms with Gasteiger partial charge in [-0.15, -0.1) is 0 Å². The molecule has 4 rings (SSSR count). The highest BCUT2D eigenvalue weighted by Gasteiger charge is 2.25. The van der Waals surface area contributed by atoms with Gasteiger partial charge in [0, 0.05) is 17.9 Å². The predicted molar refractivity (Wildman–Crippen MR) is 139 cm³/mol. The molecule has 10 nitrogen and oxygen atoms in total. The highest BCUT2D eigenvalue weighted by molar-refractivity contribution is 7.90. The van der Waals surface area contributed by atoms with Crippen molar-refractivity contribution in [1.82, 2.24) is 13.7 Å². The monoisotopic (exact) mass is 558 g/mol. The van der Waals surface area contributed by atoms with Crippen molar-refractivity contribution in [3.8, 4) is 11.4 Å². The molecule has 0 spiro atoms. The van der Waals surface area contributed by atoms with Crippen LogP contribution in [0.1, 0.15) is 17.2 Å². The first-order valence-electron chi connectivity index (χ1n) is 11.5. The van der Waals surface area contributed by atoms with Crippen molar-refractivity contribution in [3.63, 3.8) is 0 Å². The number of halogens is 2. The van der Waals surface area contributed by atoms with Crippen LogP contribution in [0.15, 0.2) is 86.0 Å². The Labute approximate surface area is 221 Å². The Balaban J connectivity index is 2.03. The normalized spacial score (nSPS) is 12.3. The molecular formula is C26H24F2N4O6S. The lowest BCUT2D eigenvalue weighted by atomic mass is 10.1. The van der Waals surface area contributed by atoms with E-state index in [0.29, 0.717) is 19.3 Å². The van der Waals surface area contributed by atoms with Gasteiger partial charge in [-0.2, -0.15) is 0 Å². The maximum atomic E-state index is 15.2. The van der Waals surface area contributed by atoms with Gasteiger partial charge in [0.25, 0.3) is 0 Å². The Morgan fingerprint density at radius 2 is 1.51 bits per heavy atom. The van der Waals surface area contributed by atoms with Crippen molar-refractivity contribution >= 4 is 9.84 Å². The third kappa shape index (κ3) is 5.31. The molecule has 0 radical (unpaired) electrons. The molecule has 1 aromatic heterocycles. The quantitative estimate of drug-likeness (QED) is 0.347. The van der Waals surface area contributed by atoms with Gasteiger partial charge in [-0.25, -0.2) is 45.3 Å². The zero-order chi connectivity index (χ0) is 28.5. The Kier molecular flexibility index (Phi) is 7.65. The highest BCUT2D eigenvalue weighted by Crippen LogP contribution is 2.22. The molecule has 1 unspecified atom stereocenters. The van der Waals surface area contributed by atoms with E-state index in [1.165, 1.54) is 25.3 Å². The molecule has 0 aliphatic rings. The van der Waals surface area contributed by atoms with Gasteiger partial charge in [0.05, 0.1) is 30.8 Å². The Morgan fingerprint density at radius 3 is 2.15 bits per heavy atom. The smallest absolute Gasteiger partial charge is 0.341 e. The maximum absolute atomic E-state index is 15.2. The number of rotatable bonds is 8. The lowest BCUT2D eigenvalue weighted by molar-refractivity contribution is 0.384. The fraction of sp³-hybridized carbons (Fsp3) is 0.192. The van der Waals surface area contributed by atoms with Crippen molar-refractivity contribution < 1.29 is 21.9 Å². The van der Waals surface area contributed by atoms with Crippen LogP contribution in [0.2, 0.25) is 0 Å². The summed E-state index contributed by atoms with van der Waals surface area (Å²) in [5.41, 5.74) is 2.11. The van der Waals surface area contributed by atoms with E-state index >= 15 is 4.39 Å². The molecule has 204 valence electrons. The first-order chi connectivity index (χ1) is 18.5. The van der Waals surface area contributed by atoms with Gasteiger partial charge in [-0.3, -0.25) is 0 Å². The number of nitrogens with zero attached hydrogens (tertiary/aromatic N) is 3. The molecule has 4 aromatic rings. The predicted octanol–water partition coefficient (Wildman–Crippen LogP) is 1.60. The minimum atomic E-state index is -3.98. The average molecular weight is 559 g/mol. The van der Waals surface area contributed by atoms with Crippen LogP contribution in [-0.2, 0) is 22.9 Å². The van der Waals surface area contributed by atoms with E-state index in [2.05, 4.69) is 0 Å². The van der Waals surface area contributed by atoms with E-state index in [1.54, 1.807) is 30.3 Å². The number of hydrogen-bond acceptors (Lipinski definition) is 7. The number of hydrogen-bond donors (Lipinski definition) is 1. The highest BCUT2D eigenvalue weighted by atomic mass is 32.2. The Bertz CT molecular complexity index is 1830. The summed E-state index contributed by atoms with van der Waals surface area (Å²) < 4.78 is 61.2. The van der Waals surface area contributed by atoms with Crippen LogP contribution in [-0.4, -0.2) is 35.5 Å². The molecule has 0 saturated heterocycles. The third-order valence-electron chi connectivity index (χ3n) is 6.11. The standard InChI is InChI=1S/C26H24F2N4O6S/c1-38-21-12-7-11-20(23(21)28)32-25(34)30(14-17-18(27)10-6-13-22(17)39(2,36)37)24(33)31(26(32)35)15-19(29)16-8-4-3-5-9-16/h3-13,19H,14-15,29H2,1-2H3. The van der Waals surface area contributed by atoms with Crippen LogP contribution in [0.5, 0.6) is 5.75 Å². The number of ether oxygens (including phenoxy) is 1. The minimum Gasteiger partial charge on any atom is -0.494 e. The second kappa shape index (κ2) is 10.8. The summed E-state index contributed by atoms with van der Waals surface area (Å²) >= 11 is 0. The molecule has 0 saturated carbocycles. The van der Waals surface area contributed by atoms with Crippen LogP contribution in [0, 0.1) is 11.6 Å². The Hall–Kier alpha value is -4.36. The van der Waals surface area contributed by atoms with E-state index in [1.807, 2.05) is 0 Å². The first kappa shape index (κ1) is 27.7. The third-order valence-corrected chi connectivity index (χ3v) is 7.29. The summed E-state index contributed by atoms with van der Waals surface area (Å²) in [6.07, 6.45) is 0.845. The van der Waals surface area contributed by atoms with Crippen LogP contribution in [0.25, 0.3) is 5.69 Å². The van der Waals surface area contributed by atoms with Gasteiger partial charge < -0.3 is 10.5 Å². The first-order valence-corrected chi connectivity index (χ1v) is 13.4. The van der Waals surface area contributed by atoms with Crippen molar-refractivity contribution in [2.45, 2.75) is 24.0 Å². The minimum absolute atomic E-state index is 0.280. The van der Waals surface area contributed by atoms with E-state index in [9.17, 15) is 27.2 Å². The average Bonchev–Trinajstić information content (AvgIpc) is 2.90. The number of methoxy groups -OCH3 is 1. The maximum Gasteiger partial charge on any atom is 0.341 e. The molecule has 0 bridgehead atoms. The second-order valence-electron chi connectivity index (χ2n) is 8.68. The lowest BCUT2D eigenvalue weighted by Gasteiger charge is -2.18. The van der Waals surface area contributed by atoms with Crippen molar-refractivity contribution in [2.75, 3.05) is 13.4 Å². The second-order valence-corrected chi connectivity index (χ2v) is 10.7. The number of aromatic nitrogens is 3. The molecule has 39 heavy (non-hydrogen) atoms. The summed E-state index contributed by atoms with van der Waals surface area (Å²) in [5, 5.41) is 0. The summed E-state index contributed by atoms with van der Waals surface area (Å²) in [4.78, 5) is 40.1. The molecule has 0 aliphatic heterocycles. The summed E-state index contributed by atoms with van der Waals surface area (Å²) in [6.45, 7) is -1.29. The number of sulfone groups is 1. The van der Waals surface area contributed by atoms with Crippen molar-refractivity contribution in [2.24, 2.45) is 5.73 Å². The van der Waals surface area contributed by atoms with Gasteiger partial charge in [-0.05, 0) is 29.8 Å². The molecular weight excluding hydrogens is 534 g/mol. The van der Waals surface area contributed by atoms with E-state index in [4.69, 9.17) is 10.5 Å². The van der Waals surface area contributed by atoms with Crippen LogP contribution in [0.4, 0.5) is 8.78 Å². The summed E-state index contributed by atoms with van der Waals surface area (Å²) in [7, 11) is -2.79. The fourth-order valence-electron chi connectivity index (χ4n) is 4.16. The lowest BCUT2D eigenvalue weighted by Crippen LogP contribution is -2.55. The number of benzene rings is 3. The molecule has 1 atom stereocenters. The molecule has 0 amide bonds. The summed E-state index contributed by atoms with van der Waals surface area (Å²) in [5.74, 6) is -2.34. The van der Waals surface area contributed by atoms with Gasteiger partial charge >= 0.3 is 17.1 Å². The fourth-order valence-corrected chi connectivity index (χ4v) is 5.10. The summed E-state index contributed by atoms with van der Waals surface area (Å²) in [6, 6.07) is 14.6. The van der Waals surface area contributed by atoms with Gasteiger partial charge in [0.2, 0.25) is 0 Å². The number of nitrogens with two attached hydrogens (primary N) is 1.